The number of nitrogens with one attached hydrogen (secondary N) is 1. The van der Waals surface area contributed by atoms with Gasteiger partial charge in [0.05, 0.1) is 0 Å². The molecule has 1 N–H and O–H groups in total. The summed E-state index contributed by atoms with van der Waals surface area (Å²) in [5.74, 6) is 1.01. The predicted molar refractivity (Wildman–Crippen MR) is 95.3 cm³/mol. The maximum Gasteiger partial charge on any atom is 0.128 e. The van der Waals surface area contributed by atoms with Crippen molar-refractivity contribution in [1.29, 1.82) is 0 Å². The third-order valence-corrected chi connectivity index (χ3v) is 5.86. The summed E-state index contributed by atoms with van der Waals surface area (Å²) in [5, 5.41) is 1.22. The maximum absolute atomic E-state index is 5.62. The Hall–Kier alpha value is -1.52. The standard InChI is InChI=1S/C18H18N2S2/c21-17-16-13-8-4-5-9-14(13)22-18(16)20-15(19-17)11-10-12-6-2-1-3-7-12/h1-3,6-7H,4-5,8-11H2,(H,19,20,21). The molecule has 0 amide bonds. The highest BCUT2D eigenvalue weighted by atomic mass is 32.1. The molecular weight excluding hydrogens is 308 g/mol. The summed E-state index contributed by atoms with van der Waals surface area (Å²) in [6.45, 7) is 0. The molecule has 2 nitrogen and oxygen atoms in total. The van der Waals surface area contributed by atoms with Crippen LogP contribution in [0.4, 0.5) is 0 Å². The number of fused-ring (bicyclic) bond motifs is 3. The molecule has 3 aromatic rings. The number of hydrogen-bond donors (Lipinski definition) is 1. The molecule has 1 aliphatic carbocycles. The number of aromatic amines is 1. The lowest BCUT2D eigenvalue weighted by Crippen LogP contribution is -2.00. The Morgan fingerprint density at radius 2 is 1.91 bits per heavy atom. The van der Waals surface area contributed by atoms with Gasteiger partial charge >= 0.3 is 0 Å². The van der Waals surface area contributed by atoms with Crippen LogP contribution in [-0.4, -0.2) is 9.97 Å². The molecule has 0 bridgehead atoms. The Labute approximate surface area is 139 Å². The lowest BCUT2D eigenvalue weighted by Gasteiger charge is -2.10. The number of nitrogens with zero attached hydrogens (tertiary/aromatic N) is 1. The second kappa shape index (κ2) is 5.94. The van der Waals surface area contributed by atoms with E-state index in [-0.39, 0.29) is 0 Å². The average Bonchev–Trinajstić information content (AvgIpc) is 2.92. The number of aryl methyl sites for hydroxylation is 4. The third-order valence-electron chi connectivity index (χ3n) is 4.37. The predicted octanol–water partition coefficient (Wildman–Crippen LogP) is 5.02. The van der Waals surface area contributed by atoms with Crippen LogP contribution in [0.25, 0.3) is 10.2 Å². The highest BCUT2D eigenvalue weighted by molar-refractivity contribution is 7.71. The Kier molecular flexibility index (Phi) is 3.80. The van der Waals surface area contributed by atoms with Gasteiger partial charge in [0.2, 0.25) is 0 Å². The zero-order valence-corrected chi connectivity index (χ0v) is 14.0. The van der Waals surface area contributed by atoms with Crippen LogP contribution in [0.5, 0.6) is 0 Å². The molecule has 2 heterocycles. The van der Waals surface area contributed by atoms with Gasteiger partial charge in [0, 0.05) is 16.7 Å². The molecule has 0 saturated heterocycles. The van der Waals surface area contributed by atoms with Crippen LogP contribution in [0.3, 0.4) is 0 Å². The van der Waals surface area contributed by atoms with Crippen molar-refractivity contribution in [3.63, 3.8) is 0 Å². The van der Waals surface area contributed by atoms with Gasteiger partial charge in [-0.1, -0.05) is 42.5 Å². The number of benzene rings is 1. The fourth-order valence-corrected chi connectivity index (χ4v) is 4.93. The van der Waals surface area contributed by atoms with E-state index in [1.807, 2.05) is 11.3 Å². The van der Waals surface area contributed by atoms with E-state index >= 15 is 0 Å². The summed E-state index contributed by atoms with van der Waals surface area (Å²) in [4.78, 5) is 10.9. The van der Waals surface area contributed by atoms with E-state index in [1.165, 1.54) is 40.7 Å². The molecule has 1 aliphatic rings. The molecule has 22 heavy (non-hydrogen) atoms. The summed E-state index contributed by atoms with van der Waals surface area (Å²) in [6.07, 6.45) is 6.85. The van der Waals surface area contributed by atoms with E-state index in [1.54, 1.807) is 0 Å². The molecule has 0 fully saturated rings. The minimum atomic E-state index is 0.882. The van der Waals surface area contributed by atoms with Gasteiger partial charge in [0.1, 0.15) is 15.3 Å². The van der Waals surface area contributed by atoms with Crippen LogP contribution >= 0.6 is 23.6 Å². The first-order valence-corrected chi connectivity index (χ1v) is 9.11. The van der Waals surface area contributed by atoms with E-state index < -0.39 is 0 Å². The van der Waals surface area contributed by atoms with Gasteiger partial charge in [-0.2, -0.15) is 0 Å². The summed E-state index contributed by atoms with van der Waals surface area (Å²) in [7, 11) is 0. The highest BCUT2D eigenvalue weighted by Gasteiger charge is 2.18. The minimum Gasteiger partial charge on any atom is -0.334 e. The van der Waals surface area contributed by atoms with Crippen molar-refractivity contribution >= 4 is 33.8 Å². The molecule has 0 spiro atoms. The van der Waals surface area contributed by atoms with Crippen molar-refractivity contribution in [3.05, 3.63) is 56.8 Å². The molecule has 4 rings (SSSR count). The van der Waals surface area contributed by atoms with E-state index in [4.69, 9.17) is 17.2 Å². The topological polar surface area (TPSA) is 28.7 Å². The van der Waals surface area contributed by atoms with Crippen LogP contribution < -0.4 is 0 Å². The Balaban J connectivity index is 1.67. The third kappa shape index (κ3) is 2.61. The SMILES string of the molecule is S=c1[nH]c(CCc2ccccc2)nc2sc3c(c12)CCCC3. The highest BCUT2D eigenvalue weighted by Crippen LogP contribution is 2.35. The fraction of sp³-hybridized carbons (Fsp3) is 0.333. The first-order valence-electron chi connectivity index (χ1n) is 7.88. The molecule has 2 aromatic heterocycles. The summed E-state index contributed by atoms with van der Waals surface area (Å²) >= 11 is 7.47. The second-order valence-corrected chi connectivity index (χ2v) is 7.38. The monoisotopic (exact) mass is 326 g/mol. The van der Waals surface area contributed by atoms with Crippen molar-refractivity contribution in [1.82, 2.24) is 9.97 Å². The lowest BCUT2D eigenvalue weighted by molar-refractivity contribution is 0.700. The molecule has 0 aliphatic heterocycles. The van der Waals surface area contributed by atoms with Gasteiger partial charge < -0.3 is 4.98 Å². The van der Waals surface area contributed by atoms with Crippen molar-refractivity contribution in [2.45, 2.75) is 38.5 Å². The Morgan fingerprint density at radius 1 is 1.09 bits per heavy atom. The molecule has 1 aromatic carbocycles. The summed E-state index contributed by atoms with van der Waals surface area (Å²) in [5.41, 5.74) is 2.81. The molecule has 4 heteroatoms. The number of hydrogen-bond acceptors (Lipinski definition) is 3. The first kappa shape index (κ1) is 14.1. The van der Waals surface area contributed by atoms with E-state index in [9.17, 15) is 0 Å². The van der Waals surface area contributed by atoms with Crippen molar-refractivity contribution in [2.24, 2.45) is 0 Å². The normalized spacial score (nSPS) is 14.2. The Bertz CT molecular complexity index is 862. The second-order valence-electron chi connectivity index (χ2n) is 5.89. The molecule has 0 saturated carbocycles. The fourth-order valence-electron chi connectivity index (χ4n) is 3.23. The molecular formula is C18H18N2S2. The summed E-state index contributed by atoms with van der Waals surface area (Å²) < 4.78 is 0.882. The zero-order chi connectivity index (χ0) is 14.9. The van der Waals surface area contributed by atoms with Gasteiger partial charge in [-0.15, -0.1) is 11.3 Å². The number of rotatable bonds is 3. The molecule has 0 radical (unpaired) electrons. The van der Waals surface area contributed by atoms with Crippen LogP contribution in [0.2, 0.25) is 0 Å². The lowest BCUT2D eigenvalue weighted by atomic mass is 9.97. The summed E-state index contributed by atoms with van der Waals surface area (Å²) in [6, 6.07) is 10.6. The van der Waals surface area contributed by atoms with Crippen LogP contribution in [0.1, 0.15) is 34.7 Å². The average molecular weight is 326 g/mol. The van der Waals surface area contributed by atoms with Crippen LogP contribution in [0.15, 0.2) is 30.3 Å². The van der Waals surface area contributed by atoms with Crippen LogP contribution in [-0.2, 0) is 25.7 Å². The minimum absolute atomic E-state index is 0.882. The number of aromatic nitrogens is 2. The van der Waals surface area contributed by atoms with Gasteiger partial charge in [0.15, 0.2) is 0 Å². The zero-order valence-electron chi connectivity index (χ0n) is 12.4. The molecule has 0 atom stereocenters. The van der Waals surface area contributed by atoms with Crippen molar-refractivity contribution in [2.75, 3.05) is 0 Å². The van der Waals surface area contributed by atoms with Gasteiger partial charge in [0.25, 0.3) is 0 Å². The van der Waals surface area contributed by atoms with Crippen molar-refractivity contribution in [3.8, 4) is 0 Å². The van der Waals surface area contributed by atoms with Gasteiger partial charge in [-0.25, -0.2) is 4.98 Å². The maximum atomic E-state index is 5.62. The van der Waals surface area contributed by atoms with E-state index in [0.29, 0.717) is 0 Å². The van der Waals surface area contributed by atoms with E-state index in [0.717, 1.165) is 34.6 Å². The Morgan fingerprint density at radius 3 is 2.77 bits per heavy atom. The van der Waals surface area contributed by atoms with Crippen LogP contribution in [0, 0.1) is 4.64 Å². The number of thiophene rings is 1. The van der Waals surface area contributed by atoms with Gasteiger partial charge in [-0.05, 0) is 43.2 Å². The first-order chi connectivity index (χ1) is 10.8. The molecule has 0 unspecified atom stereocenters. The number of H-pyrrole nitrogens is 1. The van der Waals surface area contributed by atoms with Crippen molar-refractivity contribution < 1.29 is 0 Å². The smallest absolute Gasteiger partial charge is 0.128 e. The van der Waals surface area contributed by atoms with E-state index in [2.05, 4.69) is 35.3 Å². The largest absolute Gasteiger partial charge is 0.334 e. The quantitative estimate of drug-likeness (QED) is 0.685. The van der Waals surface area contributed by atoms with Gasteiger partial charge in [-0.3, -0.25) is 0 Å². The molecule has 112 valence electrons.